The summed E-state index contributed by atoms with van der Waals surface area (Å²) < 4.78 is 11.4. The second-order valence-electron chi connectivity index (χ2n) is 5.07. The molecule has 2 rings (SSSR count). The van der Waals surface area contributed by atoms with Gasteiger partial charge in [-0.25, -0.2) is 0 Å². The van der Waals surface area contributed by atoms with Crippen molar-refractivity contribution in [1.29, 1.82) is 0 Å². The molecule has 0 saturated heterocycles. The number of carbonyl (C=O) groups is 1. The van der Waals surface area contributed by atoms with Crippen LogP contribution in [0.5, 0.6) is 11.5 Å². The Morgan fingerprint density at radius 2 is 2.20 bits per heavy atom. The lowest BCUT2D eigenvalue weighted by molar-refractivity contribution is -0.125. The number of rotatable bonds is 6. The van der Waals surface area contributed by atoms with E-state index in [-0.39, 0.29) is 17.9 Å². The Morgan fingerprint density at radius 3 is 2.95 bits per heavy atom. The van der Waals surface area contributed by atoms with Gasteiger partial charge in [-0.05, 0) is 31.5 Å². The summed E-state index contributed by atoms with van der Waals surface area (Å²) in [5, 5.41) is 2.91. The molecule has 0 radical (unpaired) electrons. The Hall–Kier alpha value is -1.75. The number of nitrogens with one attached hydrogen (secondary N) is 1. The number of para-hydroxylation sites is 2. The first kappa shape index (κ1) is 14.7. The average molecular weight is 278 g/mol. The zero-order valence-electron chi connectivity index (χ0n) is 11.8. The van der Waals surface area contributed by atoms with Gasteiger partial charge in [0.2, 0.25) is 5.91 Å². The van der Waals surface area contributed by atoms with Gasteiger partial charge >= 0.3 is 0 Å². The topological polar surface area (TPSA) is 73.6 Å². The molecule has 0 bridgehead atoms. The van der Waals surface area contributed by atoms with Gasteiger partial charge in [-0.15, -0.1) is 0 Å². The van der Waals surface area contributed by atoms with Gasteiger partial charge in [0.05, 0.1) is 6.54 Å². The van der Waals surface area contributed by atoms with E-state index >= 15 is 0 Å². The maximum atomic E-state index is 11.9. The number of hydrogen-bond donors (Lipinski definition) is 2. The van der Waals surface area contributed by atoms with Crippen LogP contribution >= 0.6 is 0 Å². The maximum absolute atomic E-state index is 11.9. The fraction of sp³-hybridized carbons (Fsp3) is 0.533. The molecular formula is C15H22N2O3. The molecule has 5 nitrogen and oxygen atoms in total. The Bertz CT molecular complexity index is 450. The van der Waals surface area contributed by atoms with Gasteiger partial charge in [-0.2, -0.15) is 0 Å². The number of ether oxygens (including phenoxy) is 2. The van der Waals surface area contributed by atoms with E-state index in [2.05, 4.69) is 5.32 Å². The molecule has 2 atom stereocenters. The third-order valence-electron chi connectivity index (χ3n) is 3.36. The molecular weight excluding hydrogens is 256 g/mol. The highest BCUT2D eigenvalue weighted by atomic mass is 16.6. The maximum Gasteiger partial charge on any atom is 0.222 e. The zero-order chi connectivity index (χ0) is 14.4. The van der Waals surface area contributed by atoms with Gasteiger partial charge < -0.3 is 20.5 Å². The molecule has 20 heavy (non-hydrogen) atoms. The summed E-state index contributed by atoms with van der Waals surface area (Å²) in [5.41, 5.74) is 5.44. The minimum Gasteiger partial charge on any atom is -0.486 e. The van der Waals surface area contributed by atoms with Crippen LogP contribution in [0.4, 0.5) is 0 Å². The summed E-state index contributed by atoms with van der Waals surface area (Å²) in [7, 11) is 0. The Morgan fingerprint density at radius 1 is 1.45 bits per heavy atom. The molecule has 1 heterocycles. The van der Waals surface area contributed by atoms with Crippen molar-refractivity contribution in [3.05, 3.63) is 24.3 Å². The average Bonchev–Trinajstić information content (AvgIpc) is 2.50. The normalized spacial score (nSPS) is 18.4. The lowest BCUT2D eigenvalue weighted by Crippen LogP contribution is -2.42. The molecule has 1 aliphatic heterocycles. The van der Waals surface area contributed by atoms with E-state index in [1.807, 2.05) is 31.2 Å². The van der Waals surface area contributed by atoms with Crippen LogP contribution in [0.2, 0.25) is 0 Å². The Balaban J connectivity index is 1.77. The lowest BCUT2D eigenvalue weighted by atomic mass is 10.0. The van der Waals surface area contributed by atoms with E-state index in [1.54, 1.807) is 0 Å². The summed E-state index contributed by atoms with van der Waals surface area (Å²) in [6.45, 7) is 3.45. The molecule has 2 unspecified atom stereocenters. The minimum atomic E-state index is -0.143. The second-order valence-corrected chi connectivity index (χ2v) is 5.07. The summed E-state index contributed by atoms with van der Waals surface area (Å²) in [5.74, 6) is 1.51. The van der Waals surface area contributed by atoms with E-state index < -0.39 is 0 Å². The largest absolute Gasteiger partial charge is 0.486 e. The van der Waals surface area contributed by atoms with Crippen molar-refractivity contribution in [2.75, 3.05) is 19.7 Å². The summed E-state index contributed by atoms with van der Waals surface area (Å²) in [6.07, 6.45) is 1.54. The molecule has 1 aromatic rings. The Labute approximate surface area is 119 Å². The van der Waals surface area contributed by atoms with Crippen molar-refractivity contribution in [3.8, 4) is 11.5 Å². The van der Waals surface area contributed by atoms with E-state index in [0.29, 0.717) is 19.7 Å². The summed E-state index contributed by atoms with van der Waals surface area (Å²) in [6, 6.07) is 7.55. The van der Waals surface area contributed by atoms with Crippen LogP contribution in [-0.2, 0) is 4.79 Å². The summed E-state index contributed by atoms with van der Waals surface area (Å²) >= 11 is 0. The zero-order valence-corrected chi connectivity index (χ0v) is 11.8. The number of nitrogens with two attached hydrogens (primary N) is 1. The van der Waals surface area contributed by atoms with Crippen molar-refractivity contribution in [2.45, 2.75) is 25.9 Å². The van der Waals surface area contributed by atoms with Crippen molar-refractivity contribution < 1.29 is 14.3 Å². The molecule has 0 aliphatic carbocycles. The number of benzene rings is 1. The monoisotopic (exact) mass is 278 g/mol. The quantitative estimate of drug-likeness (QED) is 0.823. The predicted octanol–water partition coefficient (Wildman–Crippen LogP) is 1.32. The van der Waals surface area contributed by atoms with Crippen molar-refractivity contribution >= 4 is 5.91 Å². The van der Waals surface area contributed by atoms with Crippen molar-refractivity contribution in [1.82, 2.24) is 5.32 Å². The fourth-order valence-corrected chi connectivity index (χ4v) is 2.11. The van der Waals surface area contributed by atoms with Crippen LogP contribution in [0.25, 0.3) is 0 Å². The van der Waals surface area contributed by atoms with Crippen LogP contribution in [-0.4, -0.2) is 31.7 Å². The molecule has 1 amide bonds. The molecule has 5 heteroatoms. The summed E-state index contributed by atoms with van der Waals surface area (Å²) in [4.78, 5) is 11.9. The fourth-order valence-electron chi connectivity index (χ4n) is 2.11. The molecule has 1 aliphatic rings. The first-order valence-corrected chi connectivity index (χ1v) is 7.07. The van der Waals surface area contributed by atoms with Gasteiger partial charge in [-0.1, -0.05) is 19.1 Å². The predicted molar refractivity (Wildman–Crippen MR) is 76.8 cm³/mol. The Kier molecular flexibility index (Phi) is 5.24. The van der Waals surface area contributed by atoms with E-state index in [4.69, 9.17) is 15.2 Å². The number of amides is 1. The third-order valence-corrected chi connectivity index (χ3v) is 3.36. The highest BCUT2D eigenvalue weighted by molar-refractivity contribution is 5.78. The molecule has 0 saturated carbocycles. The molecule has 110 valence electrons. The standard InChI is InChI=1S/C15H22N2O3/c1-11(5-4-8-16)15(18)17-9-12-10-19-13-6-2-3-7-14(13)20-12/h2-3,6-7,11-12H,4-5,8-10,16H2,1H3,(H,17,18). The first-order valence-electron chi connectivity index (χ1n) is 7.07. The van der Waals surface area contributed by atoms with Gasteiger partial charge in [0.25, 0.3) is 0 Å². The second kappa shape index (κ2) is 7.14. The highest BCUT2D eigenvalue weighted by Crippen LogP contribution is 2.30. The molecule has 1 aromatic carbocycles. The highest BCUT2D eigenvalue weighted by Gasteiger charge is 2.22. The van der Waals surface area contributed by atoms with Crippen molar-refractivity contribution in [2.24, 2.45) is 11.7 Å². The third kappa shape index (κ3) is 3.87. The minimum absolute atomic E-state index is 0.0182. The van der Waals surface area contributed by atoms with E-state index in [9.17, 15) is 4.79 Å². The van der Waals surface area contributed by atoms with Crippen LogP contribution in [0, 0.1) is 5.92 Å². The SMILES string of the molecule is CC(CCCN)C(=O)NCC1COc2ccccc2O1. The molecule has 0 aromatic heterocycles. The van der Waals surface area contributed by atoms with Crippen molar-refractivity contribution in [3.63, 3.8) is 0 Å². The smallest absolute Gasteiger partial charge is 0.222 e. The number of hydrogen-bond acceptors (Lipinski definition) is 4. The van der Waals surface area contributed by atoms with Gasteiger partial charge in [0, 0.05) is 5.92 Å². The number of fused-ring (bicyclic) bond motifs is 1. The number of carbonyl (C=O) groups excluding carboxylic acids is 1. The van der Waals surface area contributed by atoms with Crippen LogP contribution in [0.15, 0.2) is 24.3 Å². The first-order chi connectivity index (χ1) is 9.70. The van der Waals surface area contributed by atoms with Gasteiger partial charge in [0.15, 0.2) is 11.5 Å². The van der Waals surface area contributed by atoms with Crippen LogP contribution in [0.1, 0.15) is 19.8 Å². The van der Waals surface area contributed by atoms with E-state index in [0.717, 1.165) is 24.3 Å². The molecule has 0 fully saturated rings. The van der Waals surface area contributed by atoms with Gasteiger partial charge in [0.1, 0.15) is 12.7 Å². The van der Waals surface area contributed by atoms with Gasteiger partial charge in [-0.3, -0.25) is 4.79 Å². The van der Waals surface area contributed by atoms with Crippen LogP contribution < -0.4 is 20.5 Å². The van der Waals surface area contributed by atoms with E-state index in [1.165, 1.54) is 0 Å². The lowest BCUT2D eigenvalue weighted by Gasteiger charge is -2.26. The molecule has 3 N–H and O–H groups in total. The van der Waals surface area contributed by atoms with Crippen LogP contribution in [0.3, 0.4) is 0 Å². The molecule has 0 spiro atoms.